The summed E-state index contributed by atoms with van der Waals surface area (Å²) >= 11 is 0. The van der Waals surface area contributed by atoms with Crippen molar-refractivity contribution in [1.29, 1.82) is 0 Å². The number of likely N-dealkylation sites (tertiary alicyclic amines) is 1. The molecule has 0 bridgehead atoms. The number of sulfonamides is 1. The molecule has 1 amide bonds. The number of benzene rings is 1. The molecule has 0 radical (unpaired) electrons. The smallest absolute Gasteiger partial charge is 0.300 e. The third-order valence-corrected chi connectivity index (χ3v) is 6.36. The summed E-state index contributed by atoms with van der Waals surface area (Å²) in [6.07, 6.45) is 1.58. The van der Waals surface area contributed by atoms with Crippen LogP contribution in [0.2, 0.25) is 0 Å². The van der Waals surface area contributed by atoms with Crippen LogP contribution in [0.1, 0.15) is 25.3 Å². The number of nitrogens with one attached hydrogen (secondary N) is 1. The summed E-state index contributed by atoms with van der Waals surface area (Å²) in [5, 5.41) is 15.3. The third-order valence-electron chi connectivity index (χ3n) is 4.96. The summed E-state index contributed by atoms with van der Waals surface area (Å²) < 4.78 is 22.9. The molecule has 1 aromatic rings. The topological polar surface area (TPSA) is 130 Å². The fraction of sp³-hybridized carbons (Fsp3) is 0.556. The molecule has 9 heteroatoms. The zero-order valence-electron chi connectivity index (χ0n) is 15.4. The number of carboxylic acid groups (broad SMARTS) is 1. The maximum Gasteiger partial charge on any atom is 0.300 e. The van der Waals surface area contributed by atoms with Crippen molar-refractivity contribution in [3.8, 4) is 0 Å². The molecular weight excluding hydrogens is 370 g/mol. The summed E-state index contributed by atoms with van der Waals surface area (Å²) in [6, 6.07) is 10.0. The molecule has 3 rings (SSSR count). The number of piperidine rings is 1. The van der Waals surface area contributed by atoms with Crippen LogP contribution in [0.4, 0.5) is 0 Å². The van der Waals surface area contributed by atoms with E-state index in [2.05, 4.69) is 5.32 Å². The van der Waals surface area contributed by atoms with E-state index in [1.807, 2.05) is 35.2 Å². The zero-order chi connectivity index (χ0) is 20.1. The lowest BCUT2D eigenvalue weighted by molar-refractivity contribution is -0.146. The molecule has 2 fully saturated rings. The molecule has 0 aromatic heterocycles. The average Bonchev–Trinajstić information content (AvgIpc) is 2.57. The Hall–Kier alpha value is -1.97. The van der Waals surface area contributed by atoms with Crippen molar-refractivity contribution >= 4 is 21.9 Å². The molecule has 0 aliphatic carbocycles. The summed E-state index contributed by atoms with van der Waals surface area (Å²) in [7, 11) is -3.50. The Labute approximate surface area is 159 Å². The van der Waals surface area contributed by atoms with Gasteiger partial charge in [-0.1, -0.05) is 30.3 Å². The van der Waals surface area contributed by atoms with Gasteiger partial charge in [0.2, 0.25) is 15.9 Å². The van der Waals surface area contributed by atoms with E-state index >= 15 is 0 Å². The first-order chi connectivity index (χ1) is 12.6. The van der Waals surface area contributed by atoms with E-state index in [4.69, 9.17) is 15.0 Å². The van der Waals surface area contributed by atoms with Crippen LogP contribution in [0.3, 0.4) is 0 Å². The predicted octanol–water partition coefficient (Wildman–Crippen LogP) is 0.189. The second-order valence-corrected chi connectivity index (χ2v) is 8.99. The lowest BCUT2D eigenvalue weighted by Gasteiger charge is -2.45. The van der Waals surface area contributed by atoms with Crippen LogP contribution >= 0.6 is 0 Å². The largest absolute Gasteiger partial charge is 0.481 e. The first-order valence-electron chi connectivity index (χ1n) is 8.89. The number of amides is 1. The van der Waals surface area contributed by atoms with E-state index in [1.54, 1.807) is 0 Å². The zero-order valence-corrected chi connectivity index (χ0v) is 16.2. The van der Waals surface area contributed by atoms with Gasteiger partial charge in [-0.05, 0) is 24.8 Å². The number of carbonyl (C=O) groups is 2. The van der Waals surface area contributed by atoms with Crippen LogP contribution in [-0.4, -0.2) is 61.7 Å². The second-order valence-electron chi connectivity index (χ2n) is 7.15. The molecule has 0 spiro atoms. The van der Waals surface area contributed by atoms with E-state index in [9.17, 15) is 13.2 Å². The van der Waals surface area contributed by atoms with Gasteiger partial charge in [0.25, 0.3) is 5.97 Å². The highest BCUT2D eigenvalue weighted by Crippen LogP contribution is 2.32. The van der Waals surface area contributed by atoms with E-state index in [-0.39, 0.29) is 5.91 Å². The average molecular weight is 397 g/mol. The van der Waals surface area contributed by atoms with Crippen molar-refractivity contribution in [2.75, 3.05) is 26.2 Å². The Bertz CT molecular complexity index is 750. The summed E-state index contributed by atoms with van der Waals surface area (Å²) in [4.78, 5) is 23.8. The Morgan fingerprint density at radius 1 is 1.22 bits per heavy atom. The van der Waals surface area contributed by atoms with Gasteiger partial charge in [0, 0.05) is 33.1 Å². The molecule has 2 aliphatic heterocycles. The molecule has 8 nitrogen and oxygen atoms in total. The van der Waals surface area contributed by atoms with Gasteiger partial charge in [-0.2, -0.15) is 0 Å². The lowest BCUT2D eigenvalue weighted by atomic mass is 9.74. The minimum Gasteiger partial charge on any atom is -0.481 e. The molecule has 2 saturated heterocycles. The number of rotatable bonds is 4. The number of aliphatic carboxylic acids is 1. The number of hydrogen-bond acceptors (Lipinski definition) is 5. The van der Waals surface area contributed by atoms with Gasteiger partial charge in [-0.3, -0.25) is 9.59 Å². The van der Waals surface area contributed by atoms with E-state index in [0.29, 0.717) is 39.0 Å². The third kappa shape index (κ3) is 5.75. The normalized spacial score (nSPS) is 19.4. The Morgan fingerprint density at radius 2 is 1.74 bits per heavy atom. The fourth-order valence-electron chi connectivity index (χ4n) is 3.49. The number of nitrogens with zero attached hydrogens (tertiary/aromatic N) is 1. The highest BCUT2D eigenvalue weighted by molar-refractivity contribution is 7.89. The number of carboxylic acids is 1. The standard InChI is InChI=1S/C16H23N3O3S.C2H4O2/c17-23(21,22)14-6-8-19(9-7-14)15(20)16(11-18-12-16)10-13-4-2-1-3-5-13;1-2(3)4/h1-5,14,18H,6-12H2,(H2,17,21,22);1H3,(H,3,4). The summed E-state index contributed by atoms with van der Waals surface area (Å²) in [5.41, 5.74) is 0.761. The Morgan fingerprint density at radius 3 is 2.15 bits per heavy atom. The van der Waals surface area contributed by atoms with Crippen molar-refractivity contribution in [2.45, 2.75) is 31.4 Å². The molecule has 0 unspecified atom stereocenters. The molecule has 2 heterocycles. The van der Waals surface area contributed by atoms with E-state index in [0.717, 1.165) is 18.9 Å². The van der Waals surface area contributed by atoms with E-state index < -0.39 is 26.7 Å². The van der Waals surface area contributed by atoms with Crippen molar-refractivity contribution in [1.82, 2.24) is 10.2 Å². The number of hydrogen-bond donors (Lipinski definition) is 3. The van der Waals surface area contributed by atoms with Crippen molar-refractivity contribution in [2.24, 2.45) is 10.6 Å². The molecule has 150 valence electrons. The first kappa shape index (κ1) is 21.3. The molecule has 4 N–H and O–H groups in total. The molecule has 1 aromatic carbocycles. The molecule has 0 atom stereocenters. The van der Waals surface area contributed by atoms with E-state index in [1.165, 1.54) is 0 Å². The van der Waals surface area contributed by atoms with Gasteiger partial charge in [0.05, 0.1) is 10.7 Å². The second kappa shape index (κ2) is 8.81. The van der Waals surface area contributed by atoms with Crippen LogP contribution in [-0.2, 0) is 26.0 Å². The fourth-order valence-corrected chi connectivity index (χ4v) is 4.36. The van der Waals surface area contributed by atoms with Gasteiger partial charge in [-0.15, -0.1) is 0 Å². The van der Waals surface area contributed by atoms with Crippen molar-refractivity contribution in [3.05, 3.63) is 35.9 Å². The maximum atomic E-state index is 13.0. The van der Waals surface area contributed by atoms with Crippen LogP contribution in [0.5, 0.6) is 0 Å². The van der Waals surface area contributed by atoms with Crippen molar-refractivity contribution < 1.29 is 23.1 Å². The quantitative estimate of drug-likeness (QED) is 0.665. The Balaban J connectivity index is 0.000000596. The van der Waals surface area contributed by atoms with Gasteiger partial charge < -0.3 is 15.3 Å². The summed E-state index contributed by atoms with van der Waals surface area (Å²) in [5.74, 6) is -0.701. The van der Waals surface area contributed by atoms with Crippen molar-refractivity contribution in [3.63, 3.8) is 0 Å². The first-order valence-corrected chi connectivity index (χ1v) is 10.5. The molecule has 2 aliphatic rings. The lowest BCUT2D eigenvalue weighted by Crippen LogP contribution is -2.64. The van der Waals surface area contributed by atoms with Crippen LogP contribution in [0.25, 0.3) is 0 Å². The van der Waals surface area contributed by atoms with Crippen LogP contribution in [0.15, 0.2) is 30.3 Å². The maximum absolute atomic E-state index is 13.0. The van der Waals surface area contributed by atoms with Gasteiger partial charge in [0.1, 0.15) is 0 Å². The number of primary sulfonamides is 1. The molecule has 27 heavy (non-hydrogen) atoms. The van der Waals surface area contributed by atoms with Gasteiger partial charge in [0.15, 0.2) is 0 Å². The summed E-state index contributed by atoms with van der Waals surface area (Å²) in [6.45, 7) is 3.37. The highest BCUT2D eigenvalue weighted by atomic mass is 32.2. The minimum atomic E-state index is -3.50. The Kier molecular flexibility index (Phi) is 6.96. The number of carbonyl (C=O) groups excluding carboxylic acids is 1. The highest BCUT2D eigenvalue weighted by Gasteiger charge is 2.47. The number of nitrogens with two attached hydrogens (primary N) is 1. The minimum absolute atomic E-state index is 0.132. The molecule has 0 saturated carbocycles. The van der Waals surface area contributed by atoms with Gasteiger partial charge >= 0.3 is 0 Å². The monoisotopic (exact) mass is 397 g/mol. The SMILES string of the molecule is CC(=O)O.NS(=O)(=O)C1CCN(C(=O)C2(Cc3ccccc3)CNC2)CC1. The van der Waals surface area contributed by atoms with Crippen LogP contribution < -0.4 is 10.5 Å². The molecular formula is C18H27N3O5S. The van der Waals surface area contributed by atoms with Gasteiger partial charge in [-0.25, -0.2) is 13.6 Å². The predicted molar refractivity (Wildman–Crippen MR) is 101 cm³/mol. The van der Waals surface area contributed by atoms with Crippen LogP contribution in [0, 0.1) is 5.41 Å².